The Morgan fingerprint density at radius 3 is 1.91 bits per heavy atom. The first-order valence-corrected chi connectivity index (χ1v) is 26.0. The minimum absolute atomic E-state index is 0.0924. The highest BCUT2D eigenvalue weighted by Crippen LogP contribution is 2.61. The summed E-state index contributed by atoms with van der Waals surface area (Å²) in [4.78, 5) is 77.4. The van der Waals surface area contributed by atoms with E-state index in [2.05, 4.69) is 0 Å². The molecule has 11 nitrogen and oxygen atoms in total. The zero-order chi connectivity index (χ0) is 46.1. The molecule has 0 radical (unpaired) electrons. The summed E-state index contributed by atoms with van der Waals surface area (Å²) >= 11 is 0. The van der Waals surface area contributed by atoms with E-state index in [9.17, 15) is 24.3 Å². The number of nitrogens with zero attached hydrogens (tertiary/aromatic N) is 4. The maximum atomic E-state index is 15.7. The highest BCUT2D eigenvalue weighted by atomic mass is 28.4. The zero-order valence-electron chi connectivity index (χ0n) is 37.3. The predicted molar refractivity (Wildman–Crippen MR) is 260 cm³/mol. The van der Waals surface area contributed by atoms with E-state index in [-0.39, 0.29) is 43.2 Å². The number of anilines is 5. The lowest BCUT2D eigenvalue weighted by Crippen LogP contribution is -2.48. The molecule has 4 amide bonds. The Bertz CT molecular complexity index is 3270. The van der Waals surface area contributed by atoms with Gasteiger partial charge in [-0.3, -0.25) is 29.0 Å². The average Bonchev–Trinajstić information content (AvgIpc) is 3.98. The SMILES string of the molecule is C[C@@H]1[C@@H]([Si](C)(C)O)[C@H](CC(=O)N2Cc3ccccc3C[C@H]2CO)O[C@@]12C(=O)N(Cc1ccc(N3C(=O)c4cccc5cccc3c45)cc1)c1ccc(N3C(=O)c4cccc5cccc3c45)cc12. The number of carbonyl (C=O) groups excluding carboxylic acids is 4. The molecule has 0 aromatic heterocycles. The number of rotatable bonds is 8. The first kappa shape index (κ1) is 41.5. The van der Waals surface area contributed by atoms with E-state index in [0.29, 0.717) is 46.7 Å². The van der Waals surface area contributed by atoms with E-state index < -0.39 is 37.5 Å². The molecule has 1 fully saturated rings. The number of aliphatic hydroxyl groups excluding tert-OH is 1. The molecule has 5 heterocycles. The highest BCUT2D eigenvalue weighted by molar-refractivity contribution is 6.71. The lowest BCUT2D eigenvalue weighted by atomic mass is 9.82. The van der Waals surface area contributed by atoms with Crippen molar-refractivity contribution in [2.24, 2.45) is 5.92 Å². The molecule has 5 atom stereocenters. The first-order chi connectivity index (χ1) is 32.4. The van der Waals surface area contributed by atoms with Crippen molar-refractivity contribution >= 4 is 81.9 Å². The largest absolute Gasteiger partial charge is 0.432 e. The van der Waals surface area contributed by atoms with Crippen molar-refractivity contribution in [1.82, 2.24) is 4.90 Å². The van der Waals surface area contributed by atoms with E-state index >= 15 is 4.79 Å². The Hall–Kier alpha value is -6.96. The van der Waals surface area contributed by atoms with Crippen LogP contribution in [0.2, 0.25) is 18.6 Å². The molecule has 0 unspecified atom stereocenters. The fourth-order valence-corrected chi connectivity index (χ4v) is 14.7. The van der Waals surface area contributed by atoms with Gasteiger partial charge < -0.3 is 24.4 Å². The Morgan fingerprint density at radius 1 is 0.716 bits per heavy atom. The molecule has 334 valence electrons. The van der Waals surface area contributed by atoms with Crippen LogP contribution in [-0.2, 0) is 39.4 Å². The zero-order valence-corrected chi connectivity index (χ0v) is 38.3. The summed E-state index contributed by atoms with van der Waals surface area (Å²) < 4.78 is 7.21. The van der Waals surface area contributed by atoms with Crippen molar-refractivity contribution in [2.75, 3.05) is 21.3 Å². The summed E-state index contributed by atoms with van der Waals surface area (Å²) in [6.45, 7) is 5.92. The van der Waals surface area contributed by atoms with Crippen molar-refractivity contribution in [1.29, 1.82) is 0 Å². The lowest BCUT2D eigenvalue weighted by molar-refractivity contribution is -0.151. The van der Waals surface area contributed by atoms with Gasteiger partial charge in [0.25, 0.3) is 17.7 Å². The van der Waals surface area contributed by atoms with Gasteiger partial charge in [0.05, 0.1) is 59.9 Å². The number of ether oxygens (including phenoxy) is 1. The molecule has 7 aromatic rings. The monoisotopic (exact) mass is 904 g/mol. The van der Waals surface area contributed by atoms with Crippen LogP contribution in [0.15, 0.2) is 140 Å². The van der Waals surface area contributed by atoms with Gasteiger partial charge in [0, 0.05) is 45.7 Å². The summed E-state index contributed by atoms with van der Waals surface area (Å²) in [6.07, 6.45) is -0.405. The van der Waals surface area contributed by atoms with Gasteiger partial charge in [0.15, 0.2) is 13.9 Å². The fraction of sp³-hybridized carbons (Fsp3) is 0.236. The summed E-state index contributed by atoms with van der Waals surface area (Å²) in [6, 6.07) is 44.1. The Balaban J connectivity index is 0.928. The number of hydrogen-bond donors (Lipinski definition) is 2. The molecule has 1 spiro atoms. The maximum Gasteiger partial charge on any atom is 0.264 e. The van der Waals surface area contributed by atoms with Crippen molar-refractivity contribution < 1.29 is 33.8 Å². The van der Waals surface area contributed by atoms with Crippen molar-refractivity contribution in [3.05, 3.63) is 173 Å². The molecule has 67 heavy (non-hydrogen) atoms. The van der Waals surface area contributed by atoms with Gasteiger partial charge in [0.1, 0.15) is 0 Å². The summed E-state index contributed by atoms with van der Waals surface area (Å²) in [5.41, 5.74) is 6.05. The van der Waals surface area contributed by atoms with Crippen molar-refractivity contribution in [2.45, 2.75) is 69.2 Å². The Kier molecular flexibility index (Phi) is 9.30. The Morgan fingerprint density at radius 2 is 1.30 bits per heavy atom. The minimum Gasteiger partial charge on any atom is -0.432 e. The molecule has 5 aliphatic heterocycles. The smallest absolute Gasteiger partial charge is 0.264 e. The van der Waals surface area contributed by atoms with Gasteiger partial charge in [-0.2, -0.15) is 0 Å². The van der Waals surface area contributed by atoms with E-state index in [4.69, 9.17) is 4.74 Å². The van der Waals surface area contributed by atoms with E-state index in [1.807, 2.05) is 160 Å². The van der Waals surface area contributed by atoms with E-state index in [1.165, 1.54) is 0 Å². The molecule has 0 bridgehead atoms. The second kappa shape index (κ2) is 15.0. The van der Waals surface area contributed by atoms with Crippen LogP contribution in [0, 0.1) is 5.92 Å². The normalized spacial score (nSPS) is 22.8. The van der Waals surface area contributed by atoms with Gasteiger partial charge in [-0.1, -0.05) is 91.9 Å². The average molecular weight is 905 g/mol. The van der Waals surface area contributed by atoms with E-state index in [1.54, 1.807) is 19.6 Å². The molecular weight excluding hydrogens is 857 g/mol. The van der Waals surface area contributed by atoms with Gasteiger partial charge in [-0.25, -0.2) is 0 Å². The van der Waals surface area contributed by atoms with Crippen molar-refractivity contribution in [3.63, 3.8) is 0 Å². The predicted octanol–water partition coefficient (Wildman–Crippen LogP) is 9.26. The molecular formula is C55H48N4O7Si. The third-order valence-corrected chi connectivity index (χ3v) is 17.6. The number of carbonyl (C=O) groups is 4. The molecule has 5 aliphatic rings. The summed E-state index contributed by atoms with van der Waals surface area (Å²) in [7, 11) is -3.19. The number of amides is 4. The molecule has 0 saturated carbocycles. The quantitative estimate of drug-likeness (QED) is 0.146. The molecule has 12 rings (SSSR count). The minimum atomic E-state index is -3.19. The third-order valence-electron chi connectivity index (χ3n) is 15.1. The van der Waals surface area contributed by atoms with Crippen molar-refractivity contribution in [3.8, 4) is 0 Å². The fourth-order valence-electron chi connectivity index (χ4n) is 12.2. The summed E-state index contributed by atoms with van der Waals surface area (Å²) in [5.74, 6) is -1.39. The van der Waals surface area contributed by atoms with Crippen LogP contribution in [0.3, 0.4) is 0 Å². The van der Waals surface area contributed by atoms with Crippen LogP contribution in [0.4, 0.5) is 28.4 Å². The molecule has 7 aromatic carbocycles. The summed E-state index contributed by atoms with van der Waals surface area (Å²) in [5, 5.41) is 14.2. The highest BCUT2D eigenvalue weighted by Gasteiger charge is 2.66. The Labute approximate surface area is 388 Å². The van der Waals surface area contributed by atoms with Crippen LogP contribution in [-0.4, -0.2) is 65.5 Å². The number of hydrogen-bond acceptors (Lipinski definition) is 7. The second-order valence-corrected chi connectivity index (χ2v) is 23.3. The maximum absolute atomic E-state index is 15.7. The second-order valence-electron chi connectivity index (χ2n) is 19.3. The van der Waals surface area contributed by atoms with Gasteiger partial charge in [-0.05, 0) is 102 Å². The molecule has 1 saturated heterocycles. The van der Waals surface area contributed by atoms with Gasteiger partial charge >= 0.3 is 0 Å². The first-order valence-electron chi connectivity index (χ1n) is 23.0. The van der Waals surface area contributed by atoms with Crippen LogP contribution >= 0.6 is 0 Å². The van der Waals surface area contributed by atoms with Gasteiger partial charge in [0.2, 0.25) is 5.91 Å². The lowest BCUT2D eigenvalue weighted by Gasteiger charge is -2.37. The van der Waals surface area contributed by atoms with Crippen LogP contribution in [0.5, 0.6) is 0 Å². The topological polar surface area (TPSA) is 131 Å². The third kappa shape index (κ3) is 6.06. The number of benzene rings is 7. The van der Waals surface area contributed by atoms with Gasteiger partial charge in [-0.15, -0.1) is 0 Å². The molecule has 0 aliphatic carbocycles. The van der Waals surface area contributed by atoms with Crippen LogP contribution in [0.25, 0.3) is 21.5 Å². The molecule has 2 N–H and O–H groups in total. The number of aliphatic hydroxyl groups is 1. The van der Waals surface area contributed by atoms with E-state index in [0.717, 1.165) is 49.6 Å². The van der Waals surface area contributed by atoms with Crippen LogP contribution < -0.4 is 14.7 Å². The van der Waals surface area contributed by atoms with Crippen LogP contribution in [0.1, 0.15) is 56.3 Å². The molecule has 12 heteroatoms. The standard InChI is InChI=1S/C55H48N4O7Si/c1-32-51(67(2,3)65)47(28-48(61)56-30-37-11-5-4-10-36(37)26-40(56)31-60)66-55(32)43-27-39(59-46-19-9-15-35-13-7-17-42(50(35)46)53(59)63)24-25-44(43)57(54(55)64)29-33-20-22-38(23-21-33)58-45-18-8-14-34-12-6-16-41(49(34)45)52(58)62/h4-25,27,32,40,47,51,60,65H,26,28-31H2,1-3H3/t32-,40+,47+,51-,55+/m1/s1. The number of fused-ring (bicyclic) bond motifs is 3.